The van der Waals surface area contributed by atoms with E-state index < -0.39 is 0 Å². The molecule has 2 rings (SSSR count). The molecule has 0 N–H and O–H groups in total. The van der Waals surface area contributed by atoms with Gasteiger partial charge >= 0.3 is 0 Å². The van der Waals surface area contributed by atoms with Gasteiger partial charge in [-0.3, -0.25) is 9.59 Å². The van der Waals surface area contributed by atoms with Crippen LogP contribution >= 0.6 is 0 Å². The first-order chi connectivity index (χ1) is 14.0. The van der Waals surface area contributed by atoms with Crippen LogP contribution in [0.25, 0.3) is 0 Å². The summed E-state index contributed by atoms with van der Waals surface area (Å²) in [6.45, 7) is 9.76. The first kappa shape index (κ1) is 23.2. The van der Waals surface area contributed by atoms with Crippen LogP contribution in [-0.2, 0) is 20.9 Å². The lowest BCUT2D eigenvalue weighted by atomic mass is 10.1. The highest BCUT2D eigenvalue weighted by Crippen LogP contribution is 2.17. The molecular formula is C23H37N3O3. The first-order valence-electron chi connectivity index (χ1n) is 11.0. The number of hydrogen-bond donors (Lipinski definition) is 0. The first-order valence-corrected chi connectivity index (χ1v) is 11.0. The molecule has 162 valence electrons. The number of morpholine rings is 1. The van der Waals surface area contributed by atoms with Gasteiger partial charge in [-0.2, -0.15) is 0 Å². The SMILES string of the molecule is CCCN(CCC)C(=O)CCCC(=O)N(C)Cc1ccc(N2CCOCC2)cc1. The van der Waals surface area contributed by atoms with Crippen LogP contribution in [0.4, 0.5) is 5.69 Å². The Morgan fingerprint density at radius 2 is 1.55 bits per heavy atom. The van der Waals surface area contributed by atoms with E-state index in [0.29, 0.717) is 25.8 Å². The largest absolute Gasteiger partial charge is 0.378 e. The molecule has 0 radical (unpaired) electrons. The van der Waals surface area contributed by atoms with Gasteiger partial charge < -0.3 is 19.4 Å². The molecule has 29 heavy (non-hydrogen) atoms. The smallest absolute Gasteiger partial charge is 0.222 e. The van der Waals surface area contributed by atoms with Crippen LogP contribution in [-0.4, -0.2) is 68.1 Å². The fourth-order valence-electron chi connectivity index (χ4n) is 3.64. The number of anilines is 1. The van der Waals surface area contributed by atoms with Gasteiger partial charge in [0, 0.05) is 58.3 Å². The molecule has 1 aromatic rings. The van der Waals surface area contributed by atoms with Crippen molar-refractivity contribution >= 4 is 17.5 Å². The van der Waals surface area contributed by atoms with Gasteiger partial charge in [-0.25, -0.2) is 0 Å². The van der Waals surface area contributed by atoms with Crippen LogP contribution in [0.5, 0.6) is 0 Å². The van der Waals surface area contributed by atoms with Crippen molar-refractivity contribution in [2.24, 2.45) is 0 Å². The quantitative estimate of drug-likeness (QED) is 0.569. The Hall–Kier alpha value is -2.08. The van der Waals surface area contributed by atoms with E-state index in [1.54, 1.807) is 4.90 Å². The third-order valence-corrected chi connectivity index (χ3v) is 5.28. The molecule has 0 aliphatic carbocycles. The Balaban J connectivity index is 1.74. The van der Waals surface area contributed by atoms with Crippen molar-refractivity contribution in [3.05, 3.63) is 29.8 Å². The van der Waals surface area contributed by atoms with E-state index in [4.69, 9.17) is 4.74 Å². The number of benzene rings is 1. The Bertz CT molecular complexity index is 621. The molecule has 0 atom stereocenters. The van der Waals surface area contributed by atoms with Crippen molar-refractivity contribution in [3.8, 4) is 0 Å². The van der Waals surface area contributed by atoms with Crippen molar-refractivity contribution in [2.45, 2.75) is 52.5 Å². The molecule has 1 saturated heterocycles. The average molecular weight is 404 g/mol. The molecule has 0 unspecified atom stereocenters. The second-order valence-electron chi connectivity index (χ2n) is 7.75. The molecule has 6 heteroatoms. The van der Waals surface area contributed by atoms with Crippen molar-refractivity contribution in [1.29, 1.82) is 0 Å². The predicted molar refractivity (Wildman–Crippen MR) is 117 cm³/mol. The number of carbonyl (C=O) groups excluding carboxylic acids is 2. The fourth-order valence-corrected chi connectivity index (χ4v) is 3.64. The second kappa shape index (κ2) is 12.5. The van der Waals surface area contributed by atoms with Crippen LogP contribution < -0.4 is 4.90 Å². The molecule has 1 fully saturated rings. The van der Waals surface area contributed by atoms with E-state index in [-0.39, 0.29) is 11.8 Å². The van der Waals surface area contributed by atoms with E-state index >= 15 is 0 Å². The maximum Gasteiger partial charge on any atom is 0.222 e. The summed E-state index contributed by atoms with van der Waals surface area (Å²) >= 11 is 0. The van der Waals surface area contributed by atoms with Gasteiger partial charge in [-0.15, -0.1) is 0 Å². The van der Waals surface area contributed by atoms with Crippen molar-refractivity contribution in [2.75, 3.05) is 51.3 Å². The molecule has 1 aliphatic rings. The third-order valence-electron chi connectivity index (χ3n) is 5.28. The molecule has 0 aromatic heterocycles. The summed E-state index contributed by atoms with van der Waals surface area (Å²) in [7, 11) is 1.83. The van der Waals surface area contributed by atoms with Crippen LogP contribution in [0.2, 0.25) is 0 Å². The lowest BCUT2D eigenvalue weighted by Gasteiger charge is -2.29. The summed E-state index contributed by atoms with van der Waals surface area (Å²) in [5, 5.41) is 0. The lowest BCUT2D eigenvalue weighted by molar-refractivity contribution is -0.132. The number of hydrogen-bond acceptors (Lipinski definition) is 4. The summed E-state index contributed by atoms with van der Waals surface area (Å²) in [5.41, 5.74) is 2.32. The Morgan fingerprint density at radius 1 is 0.966 bits per heavy atom. The minimum Gasteiger partial charge on any atom is -0.378 e. The zero-order valence-electron chi connectivity index (χ0n) is 18.4. The second-order valence-corrected chi connectivity index (χ2v) is 7.75. The molecule has 0 spiro atoms. The highest BCUT2D eigenvalue weighted by molar-refractivity contribution is 5.79. The van der Waals surface area contributed by atoms with Crippen LogP contribution in [0.1, 0.15) is 51.5 Å². The van der Waals surface area contributed by atoms with E-state index in [1.807, 2.05) is 11.9 Å². The summed E-state index contributed by atoms with van der Waals surface area (Å²) in [5.74, 6) is 0.260. The summed E-state index contributed by atoms with van der Waals surface area (Å²) in [6.07, 6.45) is 3.42. The van der Waals surface area contributed by atoms with Gasteiger partial charge in [-0.05, 0) is 37.0 Å². The van der Waals surface area contributed by atoms with Gasteiger partial charge in [0.2, 0.25) is 11.8 Å². The van der Waals surface area contributed by atoms with Gasteiger partial charge in [0.1, 0.15) is 0 Å². The highest BCUT2D eigenvalue weighted by atomic mass is 16.5. The molecule has 1 aromatic carbocycles. The molecule has 1 aliphatic heterocycles. The number of rotatable bonds is 11. The van der Waals surface area contributed by atoms with Crippen LogP contribution in [0.15, 0.2) is 24.3 Å². The third kappa shape index (κ3) is 7.69. The van der Waals surface area contributed by atoms with Crippen LogP contribution in [0.3, 0.4) is 0 Å². The van der Waals surface area contributed by atoms with E-state index in [1.165, 1.54) is 5.69 Å². The normalized spacial score (nSPS) is 14.0. The zero-order chi connectivity index (χ0) is 21.1. The number of amides is 2. The van der Waals surface area contributed by atoms with Crippen molar-refractivity contribution in [1.82, 2.24) is 9.80 Å². The fraction of sp³-hybridized carbons (Fsp3) is 0.652. The van der Waals surface area contributed by atoms with Crippen molar-refractivity contribution in [3.63, 3.8) is 0 Å². The van der Waals surface area contributed by atoms with Gasteiger partial charge in [0.25, 0.3) is 0 Å². The molecule has 1 heterocycles. The monoisotopic (exact) mass is 403 g/mol. The maximum atomic E-state index is 12.4. The summed E-state index contributed by atoms with van der Waals surface area (Å²) in [6, 6.07) is 8.41. The predicted octanol–water partition coefficient (Wildman–Crippen LogP) is 3.30. The Kier molecular flexibility index (Phi) is 9.98. The number of nitrogens with zero attached hydrogens (tertiary/aromatic N) is 3. The summed E-state index contributed by atoms with van der Waals surface area (Å²) < 4.78 is 5.40. The molecule has 6 nitrogen and oxygen atoms in total. The standard InChI is InChI=1S/C23H37N3O3/c1-4-13-26(14-5-2)23(28)8-6-7-22(27)24(3)19-20-9-11-21(12-10-20)25-15-17-29-18-16-25/h9-12H,4-8,13-19H2,1-3H3. The summed E-state index contributed by atoms with van der Waals surface area (Å²) in [4.78, 5) is 30.8. The average Bonchev–Trinajstić information content (AvgIpc) is 2.74. The number of ether oxygens (including phenoxy) is 1. The zero-order valence-corrected chi connectivity index (χ0v) is 18.4. The van der Waals surface area contributed by atoms with Crippen LogP contribution in [0, 0.1) is 0 Å². The maximum absolute atomic E-state index is 12.4. The molecular weight excluding hydrogens is 366 g/mol. The van der Waals surface area contributed by atoms with Gasteiger partial charge in [0.15, 0.2) is 0 Å². The molecule has 0 saturated carbocycles. The minimum atomic E-state index is 0.0904. The lowest BCUT2D eigenvalue weighted by Crippen LogP contribution is -2.36. The van der Waals surface area contributed by atoms with E-state index in [9.17, 15) is 9.59 Å². The van der Waals surface area contributed by atoms with E-state index in [2.05, 4.69) is 43.0 Å². The topological polar surface area (TPSA) is 53.1 Å². The molecule has 2 amide bonds. The van der Waals surface area contributed by atoms with Gasteiger partial charge in [-0.1, -0.05) is 26.0 Å². The minimum absolute atomic E-state index is 0.0904. The highest BCUT2D eigenvalue weighted by Gasteiger charge is 2.15. The van der Waals surface area contributed by atoms with Crippen molar-refractivity contribution < 1.29 is 14.3 Å². The molecule has 0 bridgehead atoms. The number of carbonyl (C=O) groups is 2. The van der Waals surface area contributed by atoms with Gasteiger partial charge in [0.05, 0.1) is 13.2 Å². The Morgan fingerprint density at radius 3 is 2.14 bits per heavy atom. The Labute approximate surface area is 175 Å². The van der Waals surface area contributed by atoms with E-state index in [0.717, 1.165) is 57.8 Å².